The summed E-state index contributed by atoms with van der Waals surface area (Å²) in [7, 11) is 2.06. The molecule has 1 atom stereocenters. The van der Waals surface area contributed by atoms with Crippen LogP contribution in [-0.4, -0.2) is 50.4 Å². The number of H-pyrrole nitrogens is 1. The minimum Gasteiger partial charge on any atom is -0.384 e. The number of likely N-dealkylation sites (tertiary alicyclic amines) is 1. The number of benzene rings is 1. The summed E-state index contributed by atoms with van der Waals surface area (Å²) in [5.74, 6) is 0. The maximum atomic E-state index is 12.3. The molecule has 3 N–H and O–H groups in total. The van der Waals surface area contributed by atoms with Crippen molar-refractivity contribution in [1.82, 2.24) is 20.1 Å². The SMILES string of the molecule is C=C(C)c1ccc([C@](O)(c2cncc(-c3cc(C(C)(C)O)[nH]n3)c2)C2(C)CN(C)C2)cc1. The molecule has 1 saturated heterocycles. The third kappa shape index (κ3) is 3.68. The van der Waals surface area contributed by atoms with Crippen molar-refractivity contribution in [2.75, 3.05) is 20.1 Å². The Labute approximate surface area is 189 Å². The van der Waals surface area contributed by atoms with Crippen LogP contribution < -0.4 is 0 Å². The summed E-state index contributed by atoms with van der Waals surface area (Å²) in [6.45, 7) is 13.1. The Morgan fingerprint density at radius 2 is 1.75 bits per heavy atom. The molecule has 0 spiro atoms. The van der Waals surface area contributed by atoms with Crippen molar-refractivity contribution in [3.63, 3.8) is 0 Å². The topological polar surface area (TPSA) is 85.3 Å². The third-order valence-corrected chi connectivity index (χ3v) is 6.60. The van der Waals surface area contributed by atoms with Gasteiger partial charge in [-0.05, 0) is 51.1 Å². The second-order valence-electron chi connectivity index (χ2n) is 9.99. The second kappa shape index (κ2) is 7.66. The molecular weight excluding hydrogens is 400 g/mol. The van der Waals surface area contributed by atoms with Gasteiger partial charge in [0.05, 0.1) is 11.4 Å². The van der Waals surface area contributed by atoms with Gasteiger partial charge in [0.2, 0.25) is 0 Å². The number of hydrogen-bond acceptors (Lipinski definition) is 5. The Morgan fingerprint density at radius 1 is 1.09 bits per heavy atom. The predicted octanol–water partition coefficient (Wildman–Crippen LogP) is 3.92. The third-order valence-electron chi connectivity index (χ3n) is 6.60. The fourth-order valence-corrected chi connectivity index (χ4v) is 4.79. The highest BCUT2D eigenvalue weighted by molar-refractivity contribution is 5.63. The molecule has 1 aliphatic heterocycles. The zero-order chi connectivity index (χ0) is 23.3. The maximum Gasteiger partial charge on any atom is 0.124 e. The monoisotopic (exact) mass is 432 g/mol. The van der Waals surface area contributed by atoms with Crippen molar-refractivity contribution in [2.45, 2.75) is 38.9 Å². The van der Waals surface area contributed by atoms with Crippen LogP contribution in [0.15, 0.2) is 55.4 Å². The first-order valence-corrected chi connectivity index (χ1v) is 10.9. The molecule has 2 aromatic heterocycles. The number of nitrogens with one attached hydrogen (secondary N) is 1. The van der Waals surface area contributed by atoms with Gasteiger partial charge in [0.1, 0.15) is 11.2 Å². The Balaban J connectivity index is 1.81. The molecule has 3 aromatic rings. The first kappa shape index (κ1) is 22.4. The predicted molar refractivity (Wildman–Crippen MR) is 127 cm³/mol. The number of aliphatic hydroxyl groups is 2. The van der Waals surface area contributed by atoms with Crippen molar-refractivity contribution < 1.29 is 10.2 Å². The van der Waals surface area contributed by atoms with Gasteiger partial charge in [-0.15, -0.1) is 0 Å². The number of nitrogens with zero attached hydrogens (tertiary/aromatic N) is 3. The highest BCUT2D eigenvalue weighted by Crippen LogP contribution is 2.50. The maximum absolute atomic E-state index is 12.3. The molecular formula is C26H32N4O2. The second-order valence-corrected chi connectivity index (χ2v) is 9.99. The number of hydrogen-bond donors (Lipinski definition) is 3. The summed E-state index contributed by atoms with van der Waals surface area (Å²) in [5, 5.41) is 29.9. The van der Waals surface area contributed by atoms with E-state index in [1.807, 2.05) is 43.3 Å². The van der Waals surface area contributed by atoms with Gasteiger partial charge in [-0.1, -0.05) is 43.3 Å². The molecule has 6 heteroatoms. The Hall–Kier alpha value is -2.80. The molecule has 168 valence electrons. The number of pyridine rings is 1. The van der Waals surface area contributed by atoms with Gasteiger partial charge in [0, 0.05) is 42.0 Å². The molecule has 0 amide bonds. The average molecular weight is 433 g/mol. The van der Waals surface area contributed by atoms with Gasteiger partial charge in [-0.25, -0.2) is 0 Å². The summed E-state index contributed by atoms with van der Waals surface area (Å²) in [4.78, 5) is 6.66. The zero-order valence-electron chi connectivity index (χ0n) is 19.5. The van der Waals surface area contributed by atoms with Crippen LogP contribution in [0.25, 0.3) is 16.8 Å². The number of aromatic nitrogens is 3. The van der Waals surface area contributed by atoms with Crippen LogP contribution in [0.4, 0.5) is 0 Å². The Kier molecular flexibility index (Phi) is 5.36. The van der Waals surface area contributed by atoms with Crippen molar-refractivity contribution >= 4 is 5.57 Å². The molecule has 4 rings (SSSR count). The zero-order valence-corrected chi connectivity index (χ0v) is 19.5. The van der Waals surface area contributed by atoms with Crippen LogP contribution in [0, 0.1) is 5.41 Å². The molecule has 0 aliphatic carbocycles. The minimum atomic E-state index is -1.23. The van der Waals surface area contributed by atoms with Crippen LogP contribution in [0.3, 0.4) is 0 Å². The van der Waals surface area contributed by atoms with Gasteiger partial charge >= 0.3 is 0 Å². The lowest BCUT2D eigenvalue weighted by molar-refractivity contribution is -0.127. The van der Waals surface area contributed by atoms with Crippen LogP contribution in [0.1, 0.15) is 50.1 Å². The van der Waals surface area contributed by atoms with E-state index in [0.717, 1.165) is 40.9 Å². The van der Waals surface area contributed by atoms with E-state index in [1.54, 1.807) is 26.2 Å². The lowest BCUT2D eigenvalue weighted by atomic mass is 9.62. The Bertz CT molecular complexity index is 1140. The fraction of sp³-hybridized carbons (Fsp3) is 0.385. The molecule has 6 nitrogen and oxygen atoms in total. The van der Waals surface area contributed by atoms with E-state index >= 15 is 0 Å². The first-order chi connectivity index (χ1) is 14.9. The van der Waals surface area contributed by atoms with E-state index in [4.69, 9.17) is 0 Å². The fourth-order valence-electron chi connectivity index (χ4n) is 4.79. The van der Waals surface area contributed by atoms with Crippen LogP contribution in [0.5, 0.6) is 0 Å². The molecule has 3 heterocycles. The quantitative estimate of drug-likeness (QED) is 0.550. The van der Waals surface area contributed by atoms with Crippen molar-refractivity contribution in [1.29, 1.82) is 0 Å². The van der Waals surface area contributed by atoms with Gasteiger partial charge in [0.15, 0.2) is 0 Å². The van der Waals surface area contributed by atoms with Crippen LogP contribution >= 0.6 is 0 Å². The summed E-state index contributed by atoms with van der Waals surface area (Å²) in [6, 6.07) is 11.8. The lowest BCUT2D eigenvalue weighted by Gasteiger charge is -2.55. The molecule has 0 saturated carbocycles. The van der Waals surface area contributed by atoms with E-state index in [0.29, 0.717) is 11.4 Å². The van der Waals surface area contributed by atoms with Gasteiger partial charge < -0.3 is 15.1 Å². The number of allylic oxidation sites excluding steroid dienone is 1. The molecule has 0 radical (unpaired) electrons. The van der Waals surface area contributed by atoms with Crippen LogP contribution in [-0.2, 0) is 11.2 Å². The smallest absolute Gasteiger partial charge is 0.124 e. The molecule has 0 unspecified atom stereocenters. The van der Waals surface area contributed by atoms with Gasteiger partial charge in [0.25, 0.3) is 0 Å². The Morgan fingerprint density at radius 3 is 2.28 bits per heavy atom. The molecule has 32 heavy (non-hydrogen) atoms. The molecule has 0 bridgehead atoms. The minimum absolute atomic E-state index is 0.378. The van der Waals surface area contributed by atoms with Gasteiger partial charge in [-0.3, -0.25) is 10.1 Å². The van der Waals surface area contributed by atoms with Crippen molar-refractivity contribution in [2.24, 2.45) is 5.41 Å². The van der Waals surface area contributed by atoms with Crippen molar-refractivity contribution in [3.8, 4) is 11.3 Å². The summed E-state index contributed by atoms with van der Waals surface area (Å²) < 4.78 is 0. The van der Waals surface area contributed by atoms with E-state index in [-0.39, 0.29) is 5.41 Å². The normalized spacial score (nSPS) is 18.1. The standard InChI is InChI=1S/C26H32N4O2/c1-17(2)18-7-9-20(10-8-18)26(32,25(5)15-30(6)16-25)21-11-19(13-27-14-21)22-12-23(29-28-22)24(3,4)31/h7-14,31-32H,1,15-16H2,2-6H3,(H,28,29)/t26-/m0/s1. The summed E-state index contributed by atoms with van der Waals surface area (Å²) >= 11 is 0. The van der Waals surface area contributed by atoms with Crippen LogP contribution in [0.2, 0.25) is 0 Å². The molecule has 1 aliphatic rings. The average Bonchev–Trinajstić information content (AvgIpc) is 3.23. The van der Waals surface area contributed by atoms with E-state index < -0.39 is 11.2 Å². The number of aromatic amines is 1. The van der Waals surface area contributed by atoms with E-state index in [2.05, 4.69) is 40.6 Å². The summed E-state index contributed by atoms with van der Waals surface area (Å²) in [6.07, 6.45) is 3.47. The largest absolute Gasteiger partial charge is 0.384 e. The van der Waals surface area contributed by atoms with E-state index in [1.165, 1.54) is 0 Å². The molecule has 1 fully saturated rings. The first-order valence-electron chi connectivity index (χ1n) is 10.9. The number of rotatable bonds is 6. The van der Waals surface area contributed by atoms with E-state index in [9.17, 15) is 10.2 Å². The lowest BCUT2D eigenvalue weighted by Crippen LogP contribution is -2.63. The molecule has 1 aromatic carbocycles. The summed E-state index contributed by atoms with van der Waals surface area (Å²) in [5.41, 5.74) is 3.03. The van der Waals surface area contributed by atoms with Crippen molar-refractivity contribution in [3.05, 3.63) is 77.8 Å². The van der Waals surface area contributed by atoms with Gasteiger partial charge in [-0.2, -0.15) is 5.10 Å². The highest BCUT2D eigenvalue weighted by Gasteiger charge is 2.55. The highest BCUT2D eigenvalue weighted by atomic mass is 16.3.